The van der Waals surface area contributed by atoms with Crippen LogP contribution in [0.3, 0.4) is 0 Å². The highest BCUT2D eigenvalue weighted by Gasteiger charge is 2.00. The number of para-hydroxylation sites is 1. The lowest BCUT2D eigenvalue weighted by Crippen LogP contribution is -1.94. The number of hydrogen-bond acceptors (Lipinski definition) is 3. The van der Waals surface area contributed by atoms with Gasteiger partial charge in [-0.15, -0.1) is 0 Å². The second-order valence-corrected chi connectivity index (χ2v) is 4.54. The van der Waals surface area contributed by atoms with E-state index in [0.717, 1.165) is 21.5 Å². The Balaban J connectivity index is 2.11. The van der Waals surface area contributed by atoms with Crippen molar-refractivity contribution in [1.29, 1.82) is 0 Å². The molecule has 0 aromatic heterocycles. The van der Waals surface area contributed by atoms with Crippen molar-refractivity contribution in [2.45, 2.75) is 0 Å². The summed E-state index contributed by atoms with van der Waals surface area (Å²) >= 11 is 3.42. The highest BCUT2D eigenvalue weighted by atomic mass is 79.9. The minimum Gasteiger partial charge on any atom is -0.496 e. The normalized spacial score (nSPS) is 10.6. The Labute approximate surface area is 115 Å². The van der Waals surface area contributed by atoms with E-state index >= 15 is 0 Å². The Kier molecular flexibility index (Phi) is 4.36. The second kappa shape index (κ2) is 6.21. The van der Waals surface area contributed by atoms with Crippen molar-refractivity contribution < 1.29 is 4.74 Å². The number of hydrazone groups is 1. The third-order valence-electron chi connectivity index (χ3n) is 2.36. The summed E-state index contributed by atoms with van der Waals surface area (Å²) in [5.74, 6) is 0.789. The monoisotopic (exact) mass is 304 g/mol. The van der Waals surface area contributed by atoms with Crippen LogP contribution in [0.1, 0.15) is 5.56 Å². The van der Waals surface area contributed by atoms with Crippen LogP contribution in [0, 0.1) is 0 Å². The molecule has 0 aliphatic heterocycles. The standard InChI is InChI=1S/C14H13BrN2O/c1-18-14-8-7-12(15)9-11(14)10-16-17-13-5-3-2-4-6-13/h2-10,17H,1H3. The van der Waals surface area contributed by atoms with Crippen molar-refractivity contribution in [3.63, 3.8) is 0 Å². The van der Waals surface area contributed by atoms with E-state index < -0.39 is 0 Å². The molecule has 0 amide bonds. The summed E-state index contributed by atoms with van der Waals surface area (Å²) in [6.07, 6.45) is 1.73. The molecule has 0 bridgehead atoms. The van der Waals surface area contributed by atoms with Crippen LogP contribution >= 0.6 is 15.9 Å². The molecule has 1 N–H and O–H groups in total. The molecule has 0 fully saturated rings. The van der Waals surface area contributed by atoms with Gasteiger partial charge in [0.15, 0.2) is 0 Å². The molecule has 3 nitrogen and oxygen atoms in total. The number of benzene rings is 2. The van der Waals surface area contributed by atoms with Gasteiger partial charge >= 0.3 is 0 Å². The maximum Gasteiger partial charge on any atom is 0.127 e. The minimum atomic E-state index is 0.789. The molecule has 18 heavy (non-hydrogen) atoms. The molecule has 4 heteroatoms. The van der Waals surface area contributed by atoms with E-state index in [1.807, 2.05) is 48.5 Å². The van der Waals surface area contributed by atoms with Crippen LogP contribution in [0.2, 0.25) is 0 Å². The first-order valence-corrected chi connectivity index (χ1v) is 6.26. The zero-order valence-electron chi connectivity index (χ0n) is 9.93. The molecule has 2 rings (SSSR count). The number of nitrogens with one attached hydrogen (secondary N) is 1. The first kappa shape index (κ1) is 12.6. The van der Waals surface area contributed by atoms with Crippen LogP contribution in [0.5, 0.6) is 5.75 Å². The fourth-order valence-electron chi connectivity index (χ4n) is 1.50. The van der Waals surface area contributed by atoms with E-state index in [4.69, 9.17) is 4.74 Å². The molecule has 0 aliphatic rings. The van der Waals surface area contributed by atoms with Gasteiger partial charge in [-0.1, -0.05) is 34.1 Å². The first-order valence-electron chi connectivity index (χ1n) is 5.47. The first-order chi connectivity index (χ1) is 8.79. The molecule has 0 aliphatic carbocycles. The van der Waals surface area contributed by atoms with Gasteiger partial charge in [-0.3, -0.25) is 5.43 Å². The molecule has 0 radical (unpaired) electrons. The Bertz CT molecular complexity index is 541. The maximum absolute atomic E-state index is 5.26. The smallest absolute Gasteiger partial charge is 0.127 e. The van der Waals surface area contributed by atoms with E-state index in [9.17, 15) is 0 Å². The molecule has 0 atom stereocenters. The van der Waals surface area contributed by atoms with E-state index in [-0.39, 0.29) is 0 Å². The number of methoxy groups -OCH3 is 1. The average molecular weight is 305 g/mol. The zero-order chi connectivity index (χ0) is 12.8. The lowest BCUT2D eigenvalue weighted by atomic mass is 10.2. The Hall–Kier alpha value is -1.81. The second-order valence-electron chi connectivity index (χ2n) is 3.62. The molecule has 0 saturated carbocycles. The summed E-state index contributed by atoms with van der Waals surface area (Å²) in [4.78, 5) is 0. The lowest BCUT2D eigenvalue weighted by molar-refractivity contribution is 0.414. The van der Waals surface area contributed by atoms with Crippen LogP contribution in [0.25, 0.3) is 0 Å². The number of nitrogens with zero attached hydrogens (tertiary/aromatic N) is 1. The van der Waals surface area contributed by atoms with Gasteiger partial charge in [0.25, 0.3) is 0 Å². The largest absolute Gasteiger partial charge is 0.496 e. The summed E-state index contributed by atoms with van der Waals surface area (Å²) in [6.45, 7) is 0. The average Bonchev–Trinajstić information content (AvgIpc) is 2.40. The van der Waals surface area contributed by atoms with Crippen LogP contribution in [0.4, 0.5) is 5.69 Å². The molecule has 0 spiro atoms. The predicted octanol–water partition coefficient (Wildman–Crippen LogP) is 3.90. The van der Waals surface area contributed by atoms with Crippen molar-refractivity contribution >= 4 is 27.8 Å². The summed E-state index contributed by atoms with van der Waals surface area (Å²) in [5, 5.41) is 4.19. The quantitative estimate of drug-likeness (QED) is 0.686. The number of rotatable bonds is 4. The predicted molar refractivity (Wildman–Crippen MR) is 78.4 cm³/mol. The lowest BCUT2D eigenvalue weighted by Gasteiger charge is -2.04. The van der Waals surface area contributed by atoms with E-state index in [0.29, 0.717) is 0 Å². The fourth-order valence-corrected chi connectivity index (χ4v) is 1.87. The molecule has 0 heterocycles. The third kappa shape index (κ3) is 3.34. The summed E-state index contributed by atoms with van der Waals surface area (Å²) < 4.78 is 6.25. The van der Waals surface area contributed by atoms with E-state index in [1.54, 1.807) is 13.3 Å². The van der Waals surface area contributed by atoms with Crippen molar-refractivity contribution in [2.75, 3.05) is 12.5 Å². The number of hydrogen-bond donors (Lipinski definition) is 1. The molecule has 2 aromatic rings. The zero-order valence-corrected chi connectivity index (χ0v) is 11.5. The third-order valence-corrected chi connectivity index (χ3v) is 2.86. The molecule has 92 valence electrons. The molecular weight excluding hydrogens is 292 g/mol. The number of ether oxygens (including phenoxy) is 1. The van der Waals surface area contributed by atoms with Crippen LogP contribution in [-0.4, -0.2) is 13.3 Å². The number of halogens is 1. The SMILES string of the molecule is COc1ccc(Br)cc1C=NNc1ccccc1. The minimum absolute atomic E-state index is 0.789. The van der Waals surface area contributed by atoms with Crippen LogP contribution in [0.15, 0.2) is 58.1 Å². The maximum atomic E-state index is 5.26. The Morgan fingerprint density at radius 2 is 1.94 bits per heavy atom. The van der Waals surface area contributed by atoms with Gasteiger partial charge in [0.05, 0.1) is 19.0 Å². The van der Waals surface area contributed by atoms with Gasteiger partial charge in [-0.2, -0.15) is 5.10 Å². The topological polar surface area (TPSA) is 33.6 Å². The Morgan fingerprint density at radius 3 is 2.67 bits per heavy atom. The molecule has 0 unspecified atom stereocenters. The van der Waals surface area contributed by atoms with Crippen molar-refractivity contribution in [1.82, 2.24) is 0 Å². The highest BCUT2D eigenvalue weighted by molar-refractivity contribution is 9.10. The van der Waals surface area contributed by atoms with Gasteiger partial charge in [-0.25, -0.2) is 0 Å². The van der Waals surface area contributed by atoms with E-state index in [1.165, 1.54) is 0 Å². The summed E-state index contributed by atoms with van der Waals surface area (Å²) in [6, 6.07) is 15.6. The van der Waals surface area contributed by atoms with Crippen LogP contribution < -0.4 is 10.2 Å². The fraction of sp³-hybridized carbons (Fsp3) is 0.0714. The van der Waals surface area contributed by atoms with E-state index in [2.05, 4.69) is 26.5 Å². The molecule has 2 aromatic carbocycles. The van der Waals surface area contributed by atoms with Crippen molar-refractivity contribution in [3.8, 4) is 5.75 Å². The van der Waals surface area contributed by atoms with Gasteiger partial charge in [0.2, 0.25) is 0 Å². The summed E-state index contributed by atoms with van der Waals surface area (Å²) in [7, 11) is 1.64. The highest BCUT2D eigenvalue weighted by Crippen LogP contribution is 2.21. The van der Waals surface area contributed by atoms with Crippen molar-refractivity contribution in [3.05, 3.63) is 58.6 Å². The van der Waals surface area contributed by atoms with Gasteiger partial charge in [-0.05, 0) is 30.3 Å². The van der Waals surface area contributed by atoms with Crippen LogP contribution in [-0.2, 0) is 0 Å². The Morgan fingerprint density at radius 1 is 1.17 bits per heavy atom. The molecular formula is C14H13BrN2O. The molecule has 0 saturated heterocycles. The van der Waals surface area contributed by atoms with Gasteiger partial charge in [0.1, 0.15) is 5.75 Å². The van der Waals surface area contributed by atoms with Crippen molar-refractivity contribution in [2.24, 2.45) is 5.10 Å². The number of anilines is 1. The van der Waals surface area contributed by atoms with Gasteiger partial charge < -0.3 is 4.74 Å². The summed E-state index contributed by atoms with van der Waals surface area (Å²) in [5.41, 5.74) is 4.82. The van der Waals surface area contributed by atoms with Gasteiger partial charge in [0, 0.05) is 10.0 Å².